The Hall–Kier alpha value is -1.42. The van der Waals surface area contributed by atoms with E-state index < -0.39 is 59.8 Å². The van der Waals surface area contributed by atoms with Gasteiger partial charge in [0, 0.05) is 13.0 Å². The van der Waals surface area contributed by atoms with Crippen molar-refractivity contribution in [1.29, 1.82) is 0 Å². The van der Waals surface area contributed by atoms with Crippen molar-refractivity contribution < 1.29 is 56.2 Å². The first-order valence-electron chi connectivity index (χ1n) is 28.6. The van der Waals surface area contributed by atoms with Gasteiger partial charge >= 0.3 is 16.4 Å². The molecule has 13 heteroatoms. The van der Waals surface area contributed by atoms with Gasteiger partial charge in [-0.15, -0.1) is 0 Å². The molecule has 0 aliphatic carbocycles. The van der Waals surface area contributed by atoms with Crippen LogP contribution < -0.4 is 0 Å². The lowest BCUT2D eigenvalue weighted by Gasteiger charge is -2.41. The Labute approximate surface area is 422 Å². The van der Waals surface area contributed by atoms with Crippen LogP contribution in [0.5, 0.6) is 0 Å². The van der Waals surface area contributed by atoms with Gasteiger partial charge in [-0.25, -0.2) is 4.18 Å². The molecule has 1 heterocycles. The third-order valence-electron chi connectivity index (χ3n) is 13.3. The molecule has 1 saturated heterocycles. The van der Waals surface area contributed by atoms with E-state index in [1.165, 1.54) is 193 Å². The number of hydrogen-bond acceptors (Lipinski definition) is 11. The van der Waals surface area contributed by atoms with Gasteiger partial charge < -0.3 is 34.3 Å². The fraction of sp³-hybridized carbons (Fsp3) is 0.911. The van der Waals surface area contributed by atoms with Crippen LogP contribution in [-0.4, -0.2) is 97.5 Å². The maximum absolute atomic E-state index is 13.0. The number of aliphatic hydroxyl groups excluding tert-OH is 3. The molecule has 0 aromatic carbocycles. The van der Waals surface area contributed by atoms with Crippen molar-refractivity contribution in [1.82, 2.24) is 0 Å². The number of unbranched alkanes of at least 4 members (excludes halogenated alkanes) is 34. The molecule has 1 aliphatic heterocycles. The highest BCUT2D eigenvalue weighted by Gasteiger charge is 2.48. The first kappa shape index (κ1) is 65.6. The Kier molecular flexibility index (Phi) is 45.2. The van der Waals surface area contributed by atoms with Gasteiger partial charge in [-0.3, -0.25) is 9.35 Å². The molecule has 0 bridgehead atoms. The second kappa shape index (κ2) is 47.6. The van der Waals surface area contributed by atoms with Crippen molar-refractivity contribution in [3.8, 4) is 0 Å². The summed E-state index contributed by atoms with van der Waals surface area (Å²) in [5.41, 5.74) is 0. The number of hydrogen-bond donors (Lipinski definition) is 4. The Balaban J connectivity index is 2.30. The van der Waals surface area contributed by atoms with Crippen molar-refractivity contribution in [2.24, 2.45) is 0 Å². The summed E-state index contributed by atoms with van der Waals surface area (Å²) in [6.45, 7) is 4.04. The van der Waals surface area contributed by atoms with E-state index in [4.69, 9.17) is 18.9 Å². The standard InChI is InChI=1S/C56H106O12S/c1-3-5-7-9-11-13-15-17-19-21-23-24-25-26-27-29-31-33-35-37-39-41-43-45-52(58)66-50(49-65-56-54(60)55(68-69(61,62)63)53(59)51(47-57)67-56)48-64-46-44-42-40-38-36-34-32-30-28-22-20-18-16-14-12-10-8-6-4-2/h15,17,21,23,50-51,53-57,59-60H,3-14,16,18-20,22,24-49H2,1-2H3,(H,61,62,63)/b17-15-,23-21-. The molecule has 1 rings (SSSR count). The van der Waals surface area contributed by atoms with Gasteiger partial charge in [-0.2, -0.15) is 8.42 Å². The Morgan fingerprint density at radius 2 is 0.957 bits per heavy atom. The molecular weight excluding hydrogens is 897 g/mol. The smallest absolute Gasteiger partial charge is 0.397 e. The monoisotopic (exact) mass is 1000 g/mol. The Bertz CT molecular complexity index is 1300. The minimum absolute atomic E-state index is 0.0405. The lowest BCUT2D eigenvalue weighted by molar-refractivity contribution is -0.301. The maximum Gasteiger partial charge on any atom is 0.397 e. The highest BCUT2D eigenvalue weighted by atomic mass is 32.3. The fourth-order valence-electron chi connectivity index (χ4n) is 9.00. The molecule has 0 amide bonds. The first-order chi connectivity index (χ1) is 33.6. The number of ether oxygens (including phenoxy) is 4. The van der Waals surface area contributed by atoms with E-state index in [0.29, 0.717) is 13.0 Å². The summed E-state index contributed by atoms with van der Waals surface area (Å²) in [6, 6.07) is 0. The first-order valence-corrected chi connectivity index (χ1v) is 30.0. The minimum Gasteiger partial charge on any atom is -0.457 e. The highest BCUT2D eigenvalue weighted by Crippen LogP contribution is 2.26. The van der Waals surface area contributed by atoms with E-state index in [-0.39, 0.29) is 19.6 Å². The normalized spacial score (nSPS) is 19.3. The summed E-state index contributed by atoms with van der Waals surface area (Å²) in [5.74, 6) is -0.395. The SMILES string of the molecule is CCCCCCC/C=C\C/C=C\CCCCCCCCCCCCCC(=O)OC(COCCCCCCCCCCCCCCCCCCCCC)COC1OC(CO)C(O)C(OS(=O)(=O)O)C1O. The molecule has 0 saturated carbocycles. The predicted molar refractivity (Wildman–Crippen MR) is 281 cm³/mol. The second-order valence-electron chi connectivity index (χ2n) is 19.9. The van der Waals surface area contributed by atoms with Gasteiger partial charge in [-0.1, -0.05) is 237 Å². The molecule has 0 aromatic heterocycles. The minimum atomic E-state index is -5.06. The zero-order chi connectivity index (χ0) is 50.3. The Morgan fingerprint density at radius 3 is 1.38 bits per heavy atom. The number of esters is 1. The lowest BCUT2D eigenvalue weighted by Crippen LogP contribution is -2.60. The van der Waals surface area contributed by atoms with Crippen LogP contribution in [0.25, 0.3) is 0 Å². The zero-order valence-corrected chi connectivity index (χ0v) is 45.0. The molecule has 0 radical (unpaired) electrons. The van der Waals surface area contributed by atoms with Crippen LogP contribution in [0.4, 0.5) is 0 Å². The average Bonchev–Trinajstić information content (AvgIpc) is 3.32. The van der Waals surface area contributed by atoms with E-state index >= 15 is 0 Å². The molecular formula is C56H106O12S. The van der Waals surface area contributed by atoms with E-state index in [2.05, 4.69) is 42.3 Å². The maximum atomic E-state index is 13.0. The predicted octanol–water partition coefficient (Wildman–Crippen LogP) is 13.9. The molecule has 1 aliphatic rings. The van der Waals surface area contributed by atoms with Gasteiger partial charge in [0.2, 0.25) is 0 Å². The molecule has 69 heavy (non-hydrogen) atoms. The quantitative estimate of drug-likeness (QED) is 0.0196. The second-order valence-corrected chi connectivity index (χ2v) is 20.9. The van der Waals surface area contributed by atoms with Crippen molar-refractivity contribution in [3.63, 3.8) is 0 Å². The molecule has 12 nitrogen and oxygen atoms in total. The topological polar surface area (TPSA) is 178 Å². The molecule has 6 unspecified atom stereocenters. The van der Waals surface area contributed by atoms with Crippen molar-refractivity contribution in [2.75, 3.05) is 26.4 Å². The van der Waals surface area contributed by atoms with E-state index in [1.54, 1.807) is 0 Å². The Morgan fingerprint density at radius 1 is 0.551 bits per heavy atom. The van der Waals surface area contributed by atoms with Gasteiger partial charge in [-0.05, 0) is 44.9 Å². The summed E-state index contributed by atoms with van der Waals surface area (Å²) < 4.78 is 59.4. The summed E-state index contributed by atoms with van der Waals surface area (Å²) >= 11 is 0. The molecule has 0 spiro atoms. The summed E-state index contributed by atoms with van der Waals surface area (Å²) in [5, 5.41) is 30.8. The molecule has 408 valence electrons. The largest absolute Gasteiger partial charge is 0.457 e. The van der Waals surface area contributed by atoms with Crippen LogP contribution in [0.15, 0.2) is 24.3 Å². The van der Waals surface area contributed by atoms with Crippen LogP contribution in [0.1, 0.15) is 264 Å². The van der Waals surface area contributed by atoms with E-state index in [9.17, 15) is 33.1 Å². The van der Waals surface area contributed by atoms with Crippen molar-refractivity contribution in [3.05, 3.63) is 24.3 Å². The van der Waals surface area contributed by atoms with E-state index in [0.717, 1.165) is 44.9 Å². The third kappa shape index (κ3) is 40.7. The van der Waals surface area contributed by atoms with Crippen LogP contribution in [0, 0.1) is 0 Å². The average molecular weight is 1000 g/mol. The summed E-state index contributed by atoms with van der Waals surface area (Å²) in [4.78, 5) is 13.0. The third-order valence-corrected chi connectivity index (χ3v) is 13.8. The highest BCUT2D eigenvalue weighted by molar-refractivity contribution is 7.80. The lowest BCUT2D eigenvalue weighted by atomic mass is 9.99. The molecule has 4 N–H and O–H groups in total. The fourth-order valence-corrected chi connectivity index (χ4v) is 9.51. The summed E-state index contributed by atoms with van der Waals surface area (Å²) in [6.07, 6.45) is 47.8. The van der Waals surface area contributed by atoms with Crippen LogP contribution in [0.2, 0.25) is 0 Å². The molecule has 0 aromatic rings. The summed E-state index contributed by atoms with van der Waals surface area (Å²) in [7, 11) is -5.06. The number of aliphatic hydroxyl groups is 3. The number of carbonyl (C=O) groups excluding carboxylic acids is 1. The number of carbonyl (C=O) groups is 1. The zero-order valence-electron chi connectivity index (χ0n) is 44.1. The van der Waals surface area contributed by atoms with E-state index in [1.807, 2.05) is 0 Å². The van der Waals surface area contributed by atoms with Crippen LogP contribution in [0.3, 0.4) is 0 Å². The van der Waals surface area contributed by atoms with Crippen molar-refractivity contribution >= 4 is 16.4 Å². The number of allylic oxidation sites excluding steroid dienone is 4. The number of rotatable bonds is 51. The molecule has 1 fully saturated rings. The van der Waals surface area contributed by atoms with Gasteiger partial charge in [0.15, 0.2) is 6.29 Å². The van der Waals surface area contributed by atoms with Gasteiger partial charge in [0.05, 0.1) is 19.8 Å². The van der Waals surface area contributed by atoms with Gasteiger partial charge in [0.1, 0.15) is 30.5 Å². The van der Waals surface area contributed by atoms with Crippen molar-refractivity contribution in [2.45, 2.75) is 301 Å². The van der Waals surface area contributed by atoms with Crippen LogP contribution >= 0.6 is 0 Å². The van der Waals surface area contributed by atoms with Gasteiger partial charge in [0.25, 0.3) is 0 Å². The van der Waals surface area contributed by atoms with Crippen LogP contribution in [-0.2, 0) is 38.3 Å². The molecule has 6 atom stereocenters.